The average Bonchev–Trinajstić information content (AvgIpc) is 2.01. The van der Waals surface area contributed by atoms with Crippen LogP contribution in [0.1, 0.15) is 6.42 Å². The number of nitrogens with zero attached hydrogens (tertiary/aromatic N) is 1. The number of rotatable bonds is 7. The van der Waals surface area contributed by atoms with E-state index in [1.807, 2.05) is 12.2 Å². The summed E-state index contributed by atoms with van der Waals surface area (Å²) in [6, 6.07) is 0. The van der Waals surface area contributed by atoms with E-state index in [-0.39, 0.29) is 6.61 Å². The van der Waals surface area contributed by atoms with Gasteiger partial charge in [0.2, 0.25) is 0 Å². The molecule has 0 aromatic heterocycles. The molecule has 11 heavy (non-hydrogen) atoms. The van der Waals surface area contributed by atoms with Gasteiger partial charge in [0.05, 0.1) is 6.61 Å². The number of hydrogen-bond donors (Lipinski definition) is 0. The molecule has 0 bridgehead atoms. The molecule has 0 heterocycles. The van der Waals surface area contributed by atoms with Gasteiger partial charge in [0.25, 0.3) is 0 Å². The summed E-state index contributed by atoms with van der Waals surface area (Å²) in [5.41, 5.74) is 0. The minimum Gasteiger partial charge on any atom is -0.296 e. The molecule has 0 N–H and O–H groups in total. The molecule has 0 spiro atoms. The van der Waals surface area contributed by atoms with Crippen molar-refractivity contribution >= 4 is 0 Å². The van der Waals surface area contributed by atoms with Crippen molar-refractivity contribution in [3.63, 3.8) is 0 Å². The van der Waals surface area contributed by atoms with Crippen LogP contribution in [0.5, 0.6) is 0 Å². The highest BCUT2D eigenvalue weighted by Gasteiger charge is 1.98. The minimum atomic E-state index is 0.00475. The van der Waals surface area contributed by atoms with Gasteiger partial charge in [-0.15, -0.1) is 13.2 Å². The molecule has 63 valence electrons. The lowest BCUT2D eigenvalue weighted by Crippen LogP contribution is -2.25. The zero-order valence-corrected chi connectivity index (χ0v) is 6.96. The van der Waals surface area contributed by atoms with Crippen molar-refractivity contribution in [2.75, 3.05) is 26.2 Å². The van der Waals surface area contributed by atoms with E-state index in [2.05, 4.69) is 18.1 Å². The monoisotopic (exact) mass is 154 g/mol. The first-order valence-corrected chi connectivity index (χ1v) is 3.87. The summed E-state index contributed by atoms with van der Waals surface area (Å²) >= 11 is 0. The Morgan fingerprint density at radius 2 is 1.73 bits per heavy atom. The van der Waals surface area contributed by atoms with Crippen molar-refractivity contribution in [1.82, 2.24) is 4.90 Å². The van der Waals surface area contributed by atoms with E-state index >= 15 is 0 Å². The maximum Gasteiger partial charge on any atom is 0.0834 e. The van der Waals surface area contributed by atoms with E-state index < -0.39 is 0 Å². The Kier molecular flexibility index (Phi) is 7.10. The van der Waals surface area contributed by atoms with Gasteiger partial charge in [0.15, 0.2) is 0 Å². The highest BCUT2D eigenvalue weighted by Crippen LogP contribution is 1.91. The summed E-state index contributed by atoms with van der Waals surface area (Å²) in [4.78, 5) is 2.14. The largest absolute Gasteiger partial charge is 0.296 e. The molecule has 2 nitrogen and oxygen atoms in total. The van der Waals surface area contributed by atoms with Gasteiger partial charge in [-0.2, -0.15) is 0 Å². The van der Waals surface area contributed by atoms with Gasteiger partial charge in [0.1, 0.15) is 0 Å². The topological polar surface area (TPSA) is 23.1 Å². The molecule has 2 heteroatoms. The minimum absolute atomic E-state index is 0.00475. The third kappa shape index (κ3) is 5.83. The molecular formula is C9H16NO. The molecule has 0 aliphatic carbocycles. The second-order valence-corrected chi connectivity index (χ2v) is 2.39. The predicted molar refractivity (Wildman–Crippen MR) is 47.0 cm³/mol. The van der Waals surface area contributed by atoms with Crippen LogP contribution in [0.3, 0.4) is 0 Å². The Labute approximate surface area is 68.8 Å². The van der Waals surface area contributed by atoms with Gasteiger partial charge in [-0.25, -0.2) is 5.11 Å². The molecule has 0 atom stereocenters. The van der Waals surface area contributed by atoms with Crippen LogP contribution in [0.4, 0.5) is 0 Å². The van der Waals surface area contributed by atoms with Crippen molar-refractivity contribution in [3.05, 3.63) is 25.3 Å². The molecule has 0 saturated carbocycles. The van der Waals surface area contributed by atoms with Crippen molar-refractivity contribution in [1.29, 1.82) is 0 Å². The first-order valence-electron chi connectivity index (χ1n) is 3.87. The fourth-order valence-corrected chi connectivity index (χ4v) is 0.910. The van der Waals surface area contributed by atoms with Crippen molar-refractivity contribution in [2.45, 2.75) is 6.42 Å². The van der Waals surface area contributed by atoms with E-state index in [9.17, 15) is 5.11 Å². The zero-order chi connectivity index (χ0) is 8.53. The molecule has 0 saturated heterocycles. The van der Waals surface area contributed by atoms with Crippen LogP contribution in [-0.2, 0) is 5.11 Å². The Bertz CT molecular complexity index is 102. The van der Waals surface area contributed by atoms with E-state index in [1.54, 1.807) is 0 Å². The van der Waals surface area contributed by atoms with Gasteiger partial charge in [-0.1, -0.05) is 12.2 Å². The molecular weight excluding hydrogens is 138 g/mol. The summed E-state index contributed by atoms with van der Waals surface area (Å²) in [7, 11) is 0. The standard InChI is InChI=1S/C9H16NO/c1-3-6-10(7-4-2)8-5-9-11/h3-4H,1-2,5-9H2. The third-order valence-electron chi connectivity index (χ3n) is 1.39. The highest BCUT2D eigenvalue weighted by atomic mass is 16.3. The normalized spacial score (nSPS) is 10.0. The summed E-state index contributed by atoms with van der Waals surface area (Å²) in [6.45, 7) is 9.81. The van der Waals surface area contributed by atoms with Crippen LogP contribution in [-0.4, -0.2) is 31.1 Å². The fourth-order valence-electron chi connectivity index (χ4n) is 0.910. The van der Waals surface area contributed by atoms with Gasteiger partial charge in [-0.3, -0.25) is 4.90 Å². The second kappa shape index (κ2) is 7.51. The van der Waals surface area contributed by atoms with Gasteiger partial charge in [0, 0.05) is 19.6 Å². The molecule has 0 rings (SSSR count). The molecule has 0 aromatic rings. The van der Waals surface area contributed by atoms with Gasteiger partial charge in [-0.05, 0) is 6.42 Å². The maximum atomic E-state index is 10.2. The quantitative estimate of drug-likeness (QED) is 0.509. The number of hydrogen-bond acceptors (Lipinski definition) is 1. The van der Waals surface area contributed by atoms with Crippen molar-refractivity contribution in [2.24, 2.45) is 0 Å². The van der Waals surface area contributed by atoms with Crippen LogP contribution in [0.25, 0.3) is 0 Å². The lowest BCUT2D eigenvalue weighted by atomic mass is 10.3. The summed E-state index contributed by atoms with van der Waals surface area (Å²) < 4.78 is 0. The molecule has 1 radical (unpaired) electrons. The molecule has 0 fully saturated rings. The Hall–Kier alpha value is -0.600. The van der Waals surface area contributed by atoms with Crippen LogP contribution in [0.15, 0.2) is 25.3 Å². The lowest BCUT2D eigenvalue weighted by molar-refractivity contribution is 0.172. The smallest absolute Gasteiger partial charge is 0.0834 e. The van der Waals surface area contributed by atoms with Gasteiger partial charge >= 0.3 is 0 Å². The Morgan fingerprint density at radius 3 is 2.09 bits per heavy atom. The molecule has 0 aliphatic rings. The second-order valence-electron chi connectivity index (χ2n) is 2.39. The maximum absolute atomic E-state index is 10.2. The van der Waals surface area contributed by atoms with Gasteiger partial charge < -0.3 is 0 Å². The van der Waals surface area contributed by atoms with E-state index in [4.69, 9.17) is 0 Å². The Morgan fingerprint density at radius 1 is 1.18 bits per heavy atom. The molecule has 0 aromatic carbocycles. The summed E-state index contributed by atoms with van der Waals surface area (Å²) in [5.74, 6) is 0. The fraction of sp³-hybridized carbons (Fsp3) is 0.556. The summed E-state index contributed by atoms with van der Waals surface area (Å²) in [6.07, 6.45) is 4.39. The molecule has 0 unspecified atom stereocenters. The SMILES string of the molecule is C=CCN(CC=C)CCC[O]. The predicted octanol–water partition coefficient (Wildman–Crippen LogP) is 1.48. The molecule has 0 amide bonds. The summed E-state index contributed by atoms with van der Waals surface area (Å²) in [5, 5.41) is 10.2. The van der Waals surface area contributed by atoms with Crippen molar-refractivity contribution < 1.29 is 5.11 Å². The van der Waals surface area contributed by atoms with Crippen LogP contribution in [0, 0.1) is 0 Å². The average molecular weight is 154 g/mol. The lowest BCUT2D eigenvalue weighted by Gasteiger charge is -2.17. The van der Waals surface area contributed by atoms with Crippen LogP contribution >= 0.6 is 0 Å². The van der Waals surface area contributed by atoms with Crippen LogP contribution in [0.2, 0.25) is 0 Å². The van der Waals surface area contributed by atoms with Crippen molar-refractivity contribution in [3.8, 4) is 0 Å². The van der Waals surface area contributed by atoms with E-state index in [1.165, 1.54) is 0 Å². The molecule has 0 aliphatic heterocycles. The Balaban J connectivity index is 3.49. The first-order chi connectivity index (χ1) is 5.35. The van der Waals surface area contributed by atoms with E-state index in [0.29, 0.717) is 6.42 Å². The van der Waals surface area contributed by atoms with E-state index in [0.717, 1.165) is 19.6 Å². The third-order valence-corrected chi connectivity index (χ3v) is 1.39. The zero-order valence-electron chi connectivity index (χ0n) is 6.96. The highest BCUT2D eigenvalue weighted by molar-refractivity contribution is 4.79. The van der Waals surface area contributed by atoms with Crippen LogP contribution < -0.4 is 0 Å². The first kappa shape index (κ1) is 10.4.